The third-order valence-electron chi connectivity index (χ3n) is 11.2. The van der Waals surface area contributed by atoms with Gasteiger partial charge in [-0.2, -0.15) is 0 Å². The van der Waals surface area contributed by atoms with Gasteiger partial charge in [0.15, 0.2) is 12.2 Å². The predicted molar refractivity (Wildman–Crippen MR) is 244 cm³/mol. The molecule has 10 rings (SSSR count). The molecule has 62 heavy (non-hydrogen) atoms. The van der Waals surface area contributed by atoms with Crippen molar-refractivity contribution in [1.82, 2.24) is 30.4 Å². The largest absolute Gasteiger partial charge is 0.479 e. The van der Waals surface area contributed by atoms with Gasteiger partial charge in [-0.25, -0.2) is 9.97 Å². The number of piperazine rings is 2. The Bertz CT molecular complexity index is 2380. The summed E-state index contributed by atoms with van der Waals surface area (Å²) in [5.74, 6) is 3.00. The summed E-state index contributed by atoms with van der Waals surface area (Å²) in [5.41, 5.74) is 7.46. The number of hydrogen-bond donors (Lipinski definition) is 4. The van der Waals surface area contributed by atoms with Crippen molar-refractivity contribution in [2.45, 2.75) is 25.0 Å². The van der Waals surface area contributed by atoms with Crippen molar-refractivity contribution in [3.05, 3.63) is 143 Å². The molecule has 2 fully saturated rings. The molecule has 4 N–H and O–H groups in total. The van der Waals surface area contributed by atoms with Crippen molar-refractivity contribution in [2.75, 3.05) is 63.0 Å². The van der Waals surface area contributed by atoms with Crippen molar-refractivity contribution in [2.24, 2.45) is 0 Å². The van der Waals surface area contributed by atoms with Crippen LogP contribution in [0.4, 0.5) is 23.0 Å². The molecule has 4 aliphatic heterocycles. The first kappa shape index (κ1) is 41.2. The van der Waals surface area contributed by atoms with Crippen LogP contribution in [0.2, 0.25) is 10.0 Å². The average molecular weight is 870 g/mol. The molecule has 0 bridgehead atoms. The zero-order valence-electron chi connectivity index (χ0n) is 34.0. The maximum atomic E-state index is 13.0. The van der Waals surface area contributed by atoms with Gasteiger partial charge in [-0.3, -0.25) is 9.59 Å². The first-order chi connectivity index (χ1) is 30.3. The number of benzene rings is 4. The van der Waals surface area contributed by atoms with Gasteiger partial charge in [0.2, 0.25) is 0 Å². The normalized spacial score (nSPS) is 17.7. The number of nitrogens with one attached hydrogen (secondary N) is 4. The van der Waals surface area contributed by atoms with Gasteiger partial charge >= 0.3 is 0 Å². The lowest BCUT2D eigenvalue weighted by atomic mass is 10.0. The van der Waals surface area contributed by atoms with Crippen molar-refractivity contribution in [3.63, 3.8) is 0 Å². The van der Waals surface area contributed by atoms with E-state index in [-0.39, 0.29) is 11.8 Å². The van der Waals surface area contributed by atoms with Crippen LogP contribution in [0.25, 0.3) is 22.3 Å². The molecule has 4 aromatic carbocycles. The quantitative estimate of drug-likeness (QED) is 0.120. The van der Waals surface area contributed by atoms with Crippen molar-refractivity contribution in [3.8, 4) is 33.8 Å². The number of hydrogen-bond acceptors (Lipinski definition) is 10. The van der Waals surface area contributed by atoms with Crippen LogP contribution in [-0.2, 0) is 22.4 Å². The van der Waals surface area contributed by atoms with Crippen LogP contribution in [-0.4, -0.2) is 96.1 Å². The van der Waals surface area contributed by atoms with E-state index in [0.717, 1.165) is 94.1 Å². The number of aromatic nitrogens is 2. The molecule has 0 spiro atoms. The second-order valence-corrected chi connectivity index (χ2v) is 16.4. The van der Waals surface area contributed by atoms with Crippen LogP contribution in [0.1, 0.15) is 11.1 Å². The Balaban J connectivity index is 0.000000158. The number of ether oxygens (including phenoxy) is 2. The number of nitrogens with zero attached hydrogens (tertiary/aromatic N) is 4. The molecule has 6 heterocycles. The Morgan fingerprint density at radius 3 is 1.37 bits per heavy atom. The Hall–Kier alpha value is -6.18. The Kier molecular flexibility index (Phi) is 12.5. The van der Waals surface area contributed by atoms with Crippen LogP contribution in [0.5, 0.6) is 11.5 Å². The molecule has 12 nitrogen and oxygen atoms in total. The molecule has 6 aromatic rings. The zero-order chi connectivity index (χ0) is 42.4. The molecule has 2 saturated heterocycles. The fourth-order valence-corrected chi connectivity index (χ4v) is 8.68. The van der Waals surface area contributed by atoms with Crippen LogP contribution >= 0.6 is 23.2 Å². The highest BCUT2D eigenvalue weighted by Crippen LogP contribution is 2.43. The lowest BCUT2D eigenvalue weighted by Gasteiger charge is -2.29. The maximum absolute atomic E-state index is 13.0. The molecule has 4 aliphatic rings. The second kappa shape index (κ2) is 18.8. The van der Waals surface area contributed by atoms with Crippen LogP contribution in [0.3, 0.4) is 0 Å². The second-order valence-electron chi connectivity index (χ2n) is 15.5. The smallest absolute Gasteiger partial charge is 0.264 e. The Morgan fingerprint density at radius 1 is 0.565 bits per heavy atom. The van der Waals surface area contributed by atoms with Crippen molar-refractivity contribution in [1.29, 1.82) is 0 Å². The first-order valence-corrected chi connectivity index (χ1v) is 21.6. The summed E-state index contributed by atoms with van der Waals surface area (Å²) < 4.78 is 12.4. The number of rotatable bonds is 8. The number of halogens is 2. The third kappa shape index (κ3) is 9.49. The average Bonchev–Trinajstić information content (AvgIpc) is 3.94. The summed E-state index contributed by atoms with van der Waals surface area (Å²) in [7, 11) is 0. The highest BCUT2D eigenvalue weighted by molar-refractivity contribution is 6.31. The van der Waals surface area contributed by atoms with E-state index < -0.39 is 12.2 Å². The molecule has 14 heteroatoms. The van der Waals surface area contributed by atoms with Gasteiger partial charge in [0.05, 0.1) is 0 Å². The molecule has 316 valence electrons. The highest BCUT2D eigenvalue weighted by Gasteiger charge is 2.36. The van der Waals surface area contributed by atoms with E-state index in [2.05, 4.69) is 31.2 Å². The summed E-state index contributed by atoms with van der Waals surface area (Å²) in [5, 5.41) is 14.4. The number of pyridine rings is 2. The van der Waals surface area contributed by atoms with E-state index in [1.165, 1.54) is 0 Å². The topological polar surface area (TPSA) is 133 Å². The summed E-state index contributed by atoms with van der Waals surface area (Å²) in [6.45, 7) is 6.10. The molecule has 0 aliphatic carbocycles. The molecule has 2 atom stereocenters. The van der Waals surface area contributed by atoms with E-state index in [1.807, 2.05) is 119 Å². The lowest BCUT2D eigenvalue weighted by molar-refractivity contribution is -0.139. The minimum Gasteiger partial charge on any atom is -0.479 e. The number of para-hydroxylation sites is 2. The summed E-state index contributed by atoms with van der Waals surface area (Å²) in [6, 6.07) is 35.1. The van der Waals surface area contributed by atoms with Gasteiger partial charge in [-0.1, -0.05) is 59.6 Å². The fraction of sp³-hybridized carbons (Fsp3) is 0.250. The van der Waals surface area contributed by atoms with Crippen molar-refractivity contribution >= 4 is 58.0 Å². The van der Waals surface area contributed by atoms with Gasteiger partial charge in [-0.05, 0) is 83.9 Å². The number of amides is 2. The number of fused-ring (bicyclic) bond motifs is 2. The fourth-order valence-electron chi connectivity index (χ4n) is 8.20. The highest BCUT2D eigenvalue weighted by atomic mass is 35.5. The summed E-state index contributed by atoms with van der Waals surface area (Å²) in [6.07, 6.45) is 3.57. The molecular weight excluding hydrogens is 823 g/mol. The molecule has 0 unspecified atom stereocenters. The number of carbonyl (C=O) groups excluding carboxylic acids is 2. The van der Waals surface area contributed by atoms with E-state index >= 15 is 0 Å². The molecule has 2 aromatic heterocycles. The molecule has 2 amide bonds. The summed E-state index contributed by atoms with van der Waals surface area (Å²) in [4.78, 5) is 38.6. The number of anilines is 4. The number of carbonyl (C=O) groups is 2. The van der Waals surface area contributed by atoms with E-state index in [9.17, 15) is 9.59 Å². The Morgan fingerprint density at radius 2 is 0.968 bits per heavy atom. The molecular formula is C48H46Cl2N8O4. The summed E-state index contributed by atoms with van der Waals surface area (Å²) >= 11 is 12.9. The first-order valence-electron chi connectivity index (χ1n) is 20.9. The monoisotopic (exact) mass is 868 g/mol. The van der Waals surface area contributed by atoms with E-state index in [4.69, 9.17) is 32.7 Å². The SMILES string of the molecule is O=C([C@@H]1Cc2cc(Cl)cc(-c3ccnc(Nc4ccccc4)c3)c2O1)N1CCNCC1.O=C([C@H]1Cc2cc(Cl)cc(-c3ccnc(Nc4ccccc4)c3)c2O1)N1CCNCC1. The minimum atomic E-state index is -0.505. The van der Waals surface area contributed by atoms with Crippen LogP contribution < -0.4 is 30.7 Å². The third-order valence-corrected chi connectivity index (χ3v) is 11.7. The van der Waals surface area contributed by atoms with Gasteiger partial charge in [0.1, 0.15) is 23.1 Å². The standard InChI is InChI=1S/2C24H23ClN4O2/c2*25-18-12-17-13-21(24(30)29-10-8-26-9-11-29)31-23(17)20(15-18)16-6-7-27-22(14-16)28-19-4-2-1-3-5-19/h2*1-7,12,14-15,21,26H,8-11,13H2,(H,27,28)/t2*21-/m10/s1. The van der Waals surface area contributed by atoms with E-state index in [1.54, 1.807) is 12.4 Å². The van der Waals surface area contributed by atoms with Crippen LogP contribution in [0, 0.1) is 0 Å². The predicted octanol–water partition coefficient (Wildman–Crippen LogP) is 7.76. The minimum absolute atomic E-state index is 0.0425. The zero-order valence-corrected chi connectivity index (χ0v) is 35.5. The van der Waals surface area contributed by atoms with Crippen molar-refractivity contribution < 1.29 is 19.1 Å². The van der Waals surface area contributed by atoms with E-state index in [0.29, 0.717) is 49.1 Å². The molecule has 0 saturated carbocycles. The van der Waals surface area contributed by atoms with Gasteiger partial charge < -0.3 is 40.5 Å². The molecule has 0 radical (unpaired) electrons. The van der Waals surface area contributed by atoms with Crippen LogP contribution in [0.15, 0.2) is 122 Å². The van der Waals surface area contributed by atoms with Gasteiger partial charge in [-0.15, -0.1) is 0 Å². The van der Waals surface area contributed by atoms with Gasteiger partial charge in [0, 0.05) is 121 Å². The Labute approximate surface area is 370 Å². The van der Waals surface area contributed by atoms with Gasteiger partial charge in [0.25, 0.3) is 11.8 Å². The maximum Gasteiger partial charge on any atom is 0.264 e. The lowest BCUT2D eigenvalue weighted by Crippen LogP contribution is -2.50.